The number of hydrogen-bond donors (Lipinski definition) is 1. The molecule has 0 aliphatic rings. The molecular formula is C31H43N3O5. The summed E-state index contributed by atoms with van der Waals surface area (Å²) in [7, 11) is 1.59. The van der Waals surface area contributed by atoms with Crippen LogP contribution in [0.25, 0.3) is 10.9 Å². The third-order valence-electron chi connectivity index (χ3n) is 6.44. The van der Waals surface area contributed by atoms with Crippen LogP contribution in [0.15, 0.2) is 42.5 Å². The van der Waals surface area contributed by atoms with E-state index in [2.05, 4.69) is 44.5 Å². The van der Waals surface area contributed by atoms with Gasteiger partial charge in [-0.15, -0.1) is 0 Å². The van der Waals surface area contributed by atoms with Crippen LogP contribution in [0.2, 0.25) is 0 Å². The summed E-state index contributed by atoms with van der Waals surface area (Å²) in [5.74, 6) is 2.38. The van der Waals surface area contributed by atoms with Crippen LogP contribution >= 0.6 is 0 Å². The Morgan fingerprint density at radius 3 is 2.26 bits per heavy atom. The summed E-state index contributed by atoms with van der Waals surface area (Å²) in [4.78, 5) is 28.1. The zero-order chi connectivity index (χ0) is 28.5. The topological polar surface area (TPSA) is 82.0 Å². The summed E-state index contributed by atoms with van der Waals surface area (Å²) in [6.45, 7) is 15.1. The minimum absolute atomic E-state index is 0.0344. The number of nitrogens with zero attached hydrogens (tertiary/aromatic N) is 2. The van der Waals surface area contributed by atoms with Crippen LogP contribution in [0, 0.1) is 18.8 Å². The van der Waals surface area contributed by atoms with E-state index in [0.717, 1.165) is 23.1 Å². The molecule has 1 aromatic heterocycles. The third-order valence-corrected chi connectivity index (χ3v) is 6.44. The number of carbonyl (C=O) groups is 2. The summed E-state index contributed by atoms with van der Waals surface area (Å²) in [6.07, 6.45) is 0. The second-order valence-electron chi connectivity index (χ2n) is 10.5. The molecule has 0 spiro atoms. The highest BCUT2D eigenvalue weighted by atomic mass is 16.5. The quantitative estimate of drug-likeness (QED) is 0.282. The van der Waals surface area contributed by atoms with Crippen molar-refractivity contribution in [3.05, 3.63) is 53.7 Å². The van der Waals surface area contributed by atoms with Crippen molar-refractivity contribution in [1.29, 1.82) is 0 Å². The minimum atomic E-state index is -0.179. The first-order chi connectivity index (χ1) is 18.7. The number of para-hydroxylation sites is 2. The maximum atomic E-state index is 13.3. The molecule has 0 atom stereocenters. The van der Waals surface area contributed by atoms with Gasteiger partial charge >= 0.3 is 0 Å². The molecule has 0 bridgehead atoms. The standard InChI is InChI=1S/C31H43N3O5/c1-8-34-23(6)30(31(36)32-15-16-38-28-12-10-9-11-27(28)37-7)25-17-24(13-14-26(25)34)39-20-29(35)33(18-21(2)3)19-22(4)5/h9-14,17,21-22H,8,15-16,18-20H2,1-7H3,(H,32,36). The first kappa shape index (κ1) is 29.9. The van der Waals surface area contributed by atoms with Crippen molar-refractivity contribution in [1.82, 2.24) is 14.8 Å². The van der Waals surface area contributed by atoms with Crippen molar-refractivity contribution in [3.8, 4) is 17.2 Å². The van der Waals surface area contributed by atoms with Crippen LogP contribution in [-0.4, -0.2) is 61.2 Å². The number of carbonyl (C=O) groups excluding carboxylic acids is 2. The van der Waals surface area contributed by atoms with E-state index in [0.29, 0.717) is 60.9 Å². The Labute approximate surface area is 232 Å². The molecule has 0 aliphatic heterocycles. The van der Waals surface area contributed by atoms with Gasteiger partial charge in [0.2, 0.25) is 0 Å². The molecule has 0 radical (unpaired) electrons. The van der Waals surface area contributed by atoms with Gasteiger partial charge in [-0.25, -0.2) is 0 Å². The van der Waals surface area contributed by atoms with E-state index in [1.54, 1.807) is 7.11 Å². The first-order valence-corrected chi connectivity index (χ1v) is 13.7. The lowest BCUT2D eigenvalue weighted by Gasteiger charge is -2.26. The highest BCUT2D eigenvalue weighted by Gasteiger charge is 2.21. The number of hydrogen-bond acceptors (Lipinski definition) is 5. The summed E-state index contributed by atoms with van der Waals surface area (Å²) in [5, 5.41) is 3.77. The van der Waals surface area contributed by atoms with E-state index < -0.39 is 0 Å². The van der Waals surface area contributed by atoms with Gasteiger partial charge in [-0.2, -0.15) is 0 Å². The van der Waals surface area contributed by atoms with E-state index in [9.17, 15) is 9.59 Å². The lowest BCUT2D eigenvalue weighted by molar-refractivity contribution is -0.134. The summed E-state index contributed by atoms with van der Waals surface area (Å²) < 4.78 is 19.2. The van der Waals surface area contributed by atoms with Gasteiger partial charge in [0.05, 0.1) is 19.2 Å². The highest BCUT2D eigenvalue weighted by molar-refractivity contribution is 6.08. The molecule has 0 aliphatic carbocycles. The van der Waals surface area contributed by atoms with Gasteiger partial charge in [-0.1, -0.05) is 39.8 Å². The summed E-state index contributed by atoms with van der Waals surface area (Å²) >= 11 is 0. The van der Waals surface area contributed by atoms with Crippen molar-refractivity contribution < 1.29 is 23.8 Å². The van der Waals surface area contributed by atoms with Crippen LogP contribution in [0.4, 0.5) is 0 Å². The number of rotatable bonds is 14. The lowest BCUT2D eigenvalue weighted by atomic mass is 10.1. The Hall–Kier alpha value is -3.68. The number of amides is 2. The molecule has 8 nitrogen and oxygen atoms in total. The molecule has 2 amide bonds. The number of fused-ring (bicyclic) bond motifs is 1. The number of methoxy groups -OCH3 is 1. The highest BCUT2D eigenvalue weighted by Crippen LogP contribution is 2.30. The fourth-order valence-electron chi connectivity index (χ4n) is 4.79. The molecule has 0 saturated carbocycles. The monoisotopic (exact) mass is 537 g/mol. The molecule has 2 aromatic carbocycles. The Bertz CT molecular complexity index is 1250. The number of benzene rings is 2. The van der Waals surface area contributed by atoms with Crippen LogP contribution < -0.4 is 19.5 Å². The maximum absolute atomic E-state index is 13.3. The second kappa shape index (κ2) is 13.9. The van der Waals surface area contributed by atoms with Gasteiger partial charge in [0.15, 0.2) is 18.1 Å². The largest absolute Gasteiger partial charge is 0.493 e. The molecule has 3 aromatic rings. The Morgan fingerprint density at radius 1 is 0.974 bits per heavy atom. The zero-order valence-corrected chi connectivity index (χ0v) is 24.4. The van der Waals surface area contributed by atoms with Crippen LogP contribution in [0.5, 0.6) is 17.2 Å². The molecule has 1 heterocycles. The first-order valence-electron chi connectivity index (χ1n) is 13.7. The van der Waals surface area contributed by atoms with Gasteiger partial charge in [0, 0.05) is 36.2 Å². The fraction of sp³-hybridized carbons (Fsp3) is 0.484. The minimum Gasteiger partial charge on any atom is -0.493 e. The average molecular weight is 538 g/mol. The summed E-state index contributed by atoms with van der Waals surface area (Å²) in [5.41, 5.74) is 2.43. The van der Waals surface area contributed by atoms with Gasteiger partial charge < -0.3 is 29.0 Å². The molecule has 3 rings (SSSR count). The molecule has 0 unspecified atom stereocenters. The number of ether oxygens (including phenoxy) is 3. The van der Waals surface area contributed by atoms with E-state index in [-0.39, 0.29) is 18.4 Å². The van der Waals surface area contributed by atoms with Crippen LogP contribution in [0.1, 0.15) is 50.7 Å². The SMILES string of the molecule is CCn1c(C)c(C(=O)NCCOc2ccccc2OC)c2cc(OCC(=O)N(CC(C)C)CC(C)C)ccc21. The molecule has 212 valence electrons. The van der Waals surface area contributed by atoms with Crippen molar-refractivity contribution in [3.63, 3.8) is 0 Å². The smallest absolute Gasteiger partial charge is 0.260 e. The predicted octanol–water partition coefficient (Wildman–Crippen LogP) is 5.31. The number of nitrogens with one attached hydrogen (secondary N) is 1. The molecule has 0 fully saturated rings. The Kier molecular flexibility index (Phi) is 10.7. The van der Waals surface area contributed by atoms with Crippen molar-refractivity contribution in [2.45, 2.75) is 48.1 Å². The molecular weight excluding hydrogens is 494 g/mol. The second-order valence-corrected chi connectivity index (χ2v) is 10.5. The maximum Gasteiger partial charge on any atom is 0.260 e. The van der Waals surface area contributed by atoms with Gasteiger partial charge in [-0.05, 0) is 56.0 Å². The van der Waals surface area contributed by atoms with Gasteiger partial charge in [-0.3, -0.25) is 9.59 Å². The van der Waals surface area contributed by atoms with Gasteiger partial charge in [0.25, 0.3) is 11.8 Å². The zero-order valence-electron chi connectivity index (χ0n) is 24.4. The summed E-state index contributed by atoms with van der Waals surface area (Å²) in [6, 6.07) is 13.1. The number of aryl methyl sites for hydroxylation is 1. The van der Waals surface area contributed by atoms with Crippen molar-refractivity contribution >= 4 is 22.7 Å². The van der Waals surface area contributed by atoms with E-state index in [1.165, 1.54) is 0 Å². The molecule has 8 heteroatoms. The molecule has 39 heavy (non-hydrogen) atoms. The lowest BCUT2D eigenvalue weighted by Crippen LogP contribution is -2.39. The van der Waals surface area contributed by atoms with E-state index >= 15 is 0 Å². The Balaban J connectivity index is 1.72. The molecule has 1 N–H and O–H groups in total. The number of aromatic nitrogens is 1. The predicted molar refractivity (Wildman–Crippen MR) is 155 cm³/mol. The normalized spacial score (nSPS) is 11.2. The average Bonchev–Trinajstić information content (AvgIpc) is 3.19. The molecule has 0 saturated heterocycles. The van der Waals surface area contributed by atoms with Crippen LogP contribution in [-0.2, 0) is 11.3 Å². The van der Waals surface area contributed by atoms with Crippen molar-refractivity contribution in [2.75, 3.05) is 40.0 Å². The Morgan fingerprint density at radius 2 is 1.64 bits per heavy atom. The van der Waals surface area contributed by atoms with Crippen LogP contribution in [0.3, 0.4) is 0 Å². The van der Waals surface area contributed by atoms with E-state index in [1.807, 2.05) is 54.3 Å². The van der Waals surface area contributed by atoms with Gasteiger partial charge in [0.1, 0.15) is 12.4 Å². The fourth-order valence-corrected chi connectivity index (χ4v) is 4.79. The van der Waals surface area contributed by atoms with E-state index in [4.69, 9.17) is 14.2 Å². The van der Waals surface area contributed by atoms with Crippen molar-refractivity contribution in [2.24, 2.45) is 11.8 Å². The third kappa shape index (κ3) is 7.68.